The number of quaternary nitrogens is 1. The lowest BCUT2D eigenvalue weighted by molar-refractivity contribution is -0.624. The molecule has 0 aliphatic rings. The summed E-state index contributed by atoms with van der Waals surface area (Å²) in [7, 11) is 0. The summed E-state index contributed by atoms with van der Waals surface area (Å²) >= 11 is 0. The zero-order valence-corrected chi connectivity index (χ0v) is 10.0. The first-order chi connectivity index (χ1) is 5.77. The van der Waals surface area contributed by atoms with Gasteiger partial charge in [0.1, 0.15) is 0 Å². The van der Waals surface area contributed by atoms with E-state index in [1.807, 2.05) is 0 Å². The number of hydrogen-bond donors (Lipinski definition) is 0. The maximum absolute atomic E-state index is 11.1. The summed E-state index contributed by atoms with van der Waals surface area (Å²) in [5.74, 6) is -3.08. The average Bonchev–Trinajstić information content (AvgIpc) is 1.82. The summed E-state index contributed by atoms with van der Waals surface area (Å²) in [6.07, 6.45) is 0. The second-order valence-corrected chi connectivity index (χ2v) is 2.75. The predicted molar refractivity (Wildman–Crippen MR) is 43.0 cm³/mol. The van der Waals surface area contributed by atoms with Gasteiger partial charge >= 0.3 is 23.6 Å². The summed E-state index contributed by atoms with van der Waals surface area (Å²) in [5.41, 5.74) is 0. The highest BCUT2D eigenvalue weighted by Gasteiger charge is 2.49. The Balaban J connectivity index is 0. The Morgan fingerprint density at radius 3 is 0.786 bits per heavy atom. The number of amides is 4. The molecule has 0 aromatic rings. The largest absolute Gasteiger partial charge is 1.00 e. The van der Waals surface area contributed by atoms with Crippen LogP contribution in [0.25, 0.3) is 0 Å². The molecule has 0 aromatic carbocycles. The molecule has 0 unspecified atom stereocenters. The van der Waals surface area contributed by atoms with Crippen molar-refractivity contribution in [3.8, 4) is 0 Å². The molecule has 0 aliphatic carbocycles. The molecule has 0 atom stereocenters. The Bertz CT molecular complexity index is 236. The van der Waals surface area contributed by atoms with Gasteiger partial charge in [-0.3, -0.25) is 0 Å². The predicted octanol–water partition coefficient (Wildman–Crippen LogP) is -3.01. The molecule has 0 saturated heterocycles. The number of rotatable bonds is 0. The molecule has 0 fully saturated rings. The van der Waals surface area contributed by atoms with Crippen molar-refractivity contribution < 1.29 is 40.6 Å². The molecule has 4 amide bonds. The molecule has 0 saturated carbocycles. The minimum atomic E-state index is -1.33. The van der Waals surface area contributed by atoms with Gasteiger partial charge in [-0.15, -0.1) is 0 Å². The highest BCUT2D eigenvalue weighted by atomic mass is 79.9. The fraction of sp³-hybridized carbons (Fsp3) is 0.500. The maximum Gasteiger partial charge on any atom is 0.332 e. The van der Waals surface area contributed by atoms with Crippen molar-refractivity contribution in [2.75, 3.05) is 0 Å². The molecule has 14 heavy (non-hydrogen) atoms. The lowest BCUT2D eigenvalue weighted by atomic mass is 10.3. The van der Waals surface area contributed by atoms with Crippen LogP contribution in [-0.2, 0) is 19.2 Å². The Morgan fingerprint density at radius 1 is 0.643 bits per heavy atom. The molecule has 0 aliphatic heterocycles. The van der Waals surface area contributed by atoms with Gasteiger partial charge in [0, 0.05) is 0 Å². The highest BCUT2D eigenvalue weighted by Crippen LogP contribution is 2.10. The molecule has 6 heteroatoms. The van der Waals surface area contributed by atoms with Crippen LogP contribution in [0.5, 0.6) is 0 Å². The van der Waals surface area contributed by atoms with Crippen LogP contribution >= 0.6 is 0 Å². The van der Waals surface area contributed by atoms with Crippen LogP contribution in [0.15, 0.2) is 0 Å². The number of imide groups is 6. The molecule has 0 radical (unpaired) electrons. The van der Waals surface area contributed by atoms with Crippen molar-refractivity contribution in [3.05, 3.63) is 0 Å². The van der Waals surface area contributed by atoms with Crippen LogP contribution in [0, 0.1) is 0 Å². The van der Waals surface area contributed by atoms with E-state index in [9.17, 15) is 19.2 Å². The second-order valence-electron chi connectivity index (χ2n) is 2.75. The molecule has 0 N–H and O–H groups in total. The standard InChI is InChI=1S/C8H12NO4.BrH/c1-5(10)9(6(2)11,7(3)12)8(4)13;/h1-4H3;1H/q+1;/p-1. The summed E-state index contributed by atoms with van der Waals surface area (Å²) in [5, 5.41) is 0. The SMILES string of the molecule is CC(=O)[N+](C(C)=O)(C(C)=O)C(C)=O.[Br-]. The van der Waals surface area contributed by atoms with Crippen LogP contribution < -0.4 is 17.0 Å². The third-order valence-electron chi connectivity index (χ3n) is 1.89. The Hall–Kier alpha value is -0.880. The van der Waals surface area contributed by atoms with Crippen molar-refractivity contribution in [2.24, 2.45) is 0 Å². The maximum atomic E-state index is 11.1. The normalized spacial score (nSPS) is 10.0. The number of hydrogen-bond acceptors (Lipinski definition) is 4. The van der Waals surface area contributed by atoms with Crippen molar-refractivity contribution in [1.82, 2.24) is 0 Å². The van der Waals surface area contributed by atoms with Gasteiger partial charge in [0.05, 0.1) is 27.7 Å². The molecular formula is C8H12BrNO4. The zero-order valence-electron chi connectivity index (χ0n) is 8.46. The van der Waals surface area contributed by atoms with E-state index in [0.717, 1.165) is 27.7 Å². The molecule has 0 bridgehead atoms. The first-order valence-electron chi connectivity index (χ1n) is 3.71. The Morgan fingerprint density at radius 2 is 0.786 bits per heavy atom. The number of carbonyl (C=O) groups excluding carboxylic acids is 4. The van der Waals surface area contributed by atoms with Crippen LogP contribution in [0.2, 0.25) is 0 Å². The van der Waals surface area contributed by atoms with E-state index < -0.39 is 28.1 Å². The molecule has 0 spiro atoms. The van der Waals surface area contributed by atoms with E-state index in [0.29, 0.717) is 0 Å². The van der Waals surface area contributed by atoms with E-state index >= 15 is 0 Å². The van der Waals surface area contributed by atoms with Gasteiger partial charge in [0.2, 0.25) is 0 Å². The van der Waals surface area contributed by atoms with Gasteiger partial charge in [0.25, 0.3) is 0 Å². The first kappa shape index (κ1) is 15.6. The van der Waals surface area contributed by atoms with Gasteiger partial charge < -0.3 is 17.0 Å². The van der Waals surface area contributed by atoms with E-state index in [1.165, 1.54) is 0 Å². The molecule has 80 valence electrons. The van der Waals surface area contributed by atoms with Crippen molar-refractivity contribution in [1.29, 1.82) is 0 Å². The summed E-state index contributed by atoms with van der Waals surface area (Å²) in [4.78, 5) is 44.4. The Kier molecular flexibility index (Phi) is 5.69. The van der Waals surface area contributed by atoms with E-state index in [1.54, 1.807) is 0 Å². The summed E-state index contributed by atoms with van der Waals surface area (Å²) in [6, 6.07) is 0. The fourth-order valence-corrected chi connectivity index (χ4v) is 1.33. The molecule has 0 heterocycles. The lowest BCUT2D eigenvalue weighted by Crippen LogP contribution is -3.00. The topological polar surface area (TPSA) is 68.3 Å². The minimum Gasteiger partial charge on any atom is -1.00 e. The van der Waals surface area contributed by atoms with Gasteiger partial charge in [-0.2, -0.15) is 0 Å². The van der Waals surface area contributed by atoms with Crippen LogP contribution in [0.1, 0.15) is 27.7 Å². The number of nitrogens with zero attached hydrogens (tertiary/aromatic N) is 1. The third kappa shape index (κ3) is 2.13. The van der Waals surface area contributed by atoms with Crippen LogP contribution in [0.4, 0.5) is 0 Å². The fourth-order valence-electron chi connectivity index (χ4n) is 1.33. The number of halogens is 1. The molecular weight excluding hydrogens is 254 g/mol. The van der Waals surface area contributed by atoms with Crippen LogP contribution in [0.3, 0.4) is 0 Å². The van der Waals surface area contributed by atoms with Gasteiger partial charge in [0.15, 0.2) is 0 Å². The minimum absolute atomic E-state index is 0. The summed E-state index contributed by atoms with van der Waals surface area (Å²) < 4.78 is -1.33. The Labute approximate surface area is 92.4 Å². The van der Waals surface area contributed by atoms with Gasteiger partial charge in [-0.05, 0) is 0 Å². The zero-order chi connectivity index (χ0) is 10.8. The van der Waals surface area contributed by atoms with Crippen molar-refractivity contribution >= 4 is 23.6 Å². The smallest absolute Gasteiger partial charge is 0.332 e. The number of carbonyl (C=O) groups is 4. The first-order valence-corrected chi connectivity index (χ1v) is 3.71. The van der Waals surface area contributed by atoms with Gasteiger partial charge in [-0.1, -0.05) is 4.48 Å². The van der Waals surface area contributed by atoms with Gasteiger partial charge in [-0.25, -0.2) is 19.2 Å². The summed E-state index contributed by atoms with van der Waals surface area (Å²) in [6.45, 7) is 4.18. The second kappa shape index (κ2) is 5.11. The van der Waals surface area contributed by atoms with Crippen molar-refractivity contribution in [2.45, 2.75) is 27.7 Å². The van der Waals surface area contributed by atoms with E-state index in [2.05, 4.69) is 0 Å². The highest BCUT2D eigenvalue weighted by molar-refractivity contribution is 6.07. The molecule has 0 rings (SSSR count). The lowest BCUT2D eigenvalue weighted by Gasteiger charge is -2.22. The van der Waals surface area contributed by atoms with E-state index in [4.69, 9.17) is 0 Å². The average molecular weight is 266 g/mol. The quantitative estimate of drug-likeness (QED) is 0.438. The van der Waals surface area contributed by atoms with E-state index in [-0.39, 0.29) is 17.0 Å². The monoisotopic (exact) mass is 265 g/mol. The molecule has 0 aromatic heterocycles. The van der Waals surface area contributed by atoms with Crippen LogP contribution in [-0.4, -0.2) is 28.1 Å². The third-order valence-corrected chi connectivity index (χ3v) is 1.89. The van der Waals surface area contributed by atoms with Crippen molar-refractivity contribution in [3.63, 3.8) is 0 Å². The molecule has 5 nitrogen and oxygen atoms in total.